The van der Waals surface area contributed by atoms with E-state index in [1.165, 1.54) is 11.3 Å². The minimum absolute atomic E-state index is 0.00702. The Labute approximate surface area is 216 Å². The molecule has 0 aliphatic carbocycles. The van der Waals surface area contributed by atoms with Crippen LogP contribution in [0.1, 0.15) is 21.7 Å². The first-order chi connectivity index (χ1) is 17.5. The lowest BCUT2D eigenvalue weighted by atomic mass is 10.1. The normalized spacial score (nSPS) is 14.3. The monoisotopic (exact) mass is 501 g/mol. The molecule has 5 rings (SSSR count). The van der Waals surface area contributed by atoms with E-state index in [9.17, 15) is 9.90 Å². The van der Waals surface area contributed by atoms with Crippen molar-refractivity contribution in [3.05, 3.63) is 89.7 Å². The number of hydrogen-bond donors (Lipinski definition) is 1. The van der Waals surface area contributed by atoms with Crippen LogP contribution in [-0.2, 0) is 6.42 Å². The van der Waals surface area contributed by atoms with Crippen LogP contribution in [0.3, 0.4) is 0 Å². The molecule has 0 radical (unpaired) electrons. The number of carbonyl (C=O) groups is 1. The van der Waals surface area contributed by atoms with Gasteiger partial charge in [-0.15, -0.1) is 0 Å². The number of carboxylic acid groups (broad SMARTS) is 1. The molecule has 0 spiro atoms. The second-order valence-corrected chi connectivity index (χ2v) is 10.3. The van der Waals surface area contributed by atoms with E-state index in [0.29, 0.717) is 11.1 Å². The fourth-order valence-electron chi connectivity index (χ4n) is 4.59. The van der Waals surface area contributed by atoms with Gasteiger partial charge in [0.2, 0.25) is 5.76 Å². The molecule has 1 N–H and O–H groups in total. The van der Waals surface area contributed by atoms with Crippen molar-refractivity contribution < 1.29 is 14.3 Å². The highest BCUT2D eigenvalue weighted by Gasteiger charge is 2.19. The van der Waals surface area contributed by atoms with E-state index in [4.69, 9.17) is 4.42 Å². The molecule has 0 bridgehead atoms. The summed E-state index contributed by atoms with van der Waals surface area (Å²) in [4.78, 5) is 17.4. The van der Waals surface area contributed by atoms with Gasteiger partial charge in [-0.25, -0.2) is 4.79 Å². The lowest BCUT2D eigenvalue weighted by Gasteiger charge is -2.34. The molecule has 0 saturated carbocycles. The van der Waals surface area contributed by atoms with Gasteiger partial charge >= 0.3 is 5.97 Å². The Kier molecular flexibility index (Phi) is 7.20. The van der Waals surface area contributed by atoms with Crippen LogP contribution in [-0.4, -0.2) is 55.7 Å². The molecule has 1 aliphatic heterocycles. The van der Waals surface area contributed by atoms with Gasteiger partial charge in [-0.05, 0) is 80.4 Å². The molecular formula is C29H31N3O3S. The highest BCUT2D eigenvalue weighted by atomic mass is 32.2. The minimum atomic E-state index is -1.04. The molecule has 1 saturated heterocycles. The van der Waals surface area contributed by atoms with Gasteiger partial charge in [0.1, 0.15) is 5.58 Å². The quantitative estimate of drug-likeness (QED) is 0.300. The lowest BCUT2D eigenvalue weighted by Crippen LogP contribution is -2.44. The van der Waals surface area contributed by atoms with E-state index < -0.39 is 5.97 Å². The Balaban J connectivity index is 1.39. The third kappa shape index (κ3) is 5.37. The van der Waals surface area contributed by atoms with Crippen molar-refractivity contribution >= 4 is 40.3 Å². The summed E-state index contributed by atoms with van der Waals surface area (Å²) in [5, 5.41) is 10.3. The maximum Gasteiger partial charge on any atom is 0.372 e. The van der Waals surface area contributed by atoms with Crippen LogP contribution in [0, 0.1) is 6.92 Å². The van der Waals surface area contributed by atoms with E-state index >= 15 is 0 Å². The number of nitrogens with zero attached hydrogens (tertiary/aromatic N) is 3. The average Bonchev–Trinajstić information content (AvgIpc) is 3.24. The number of furan rings is 1. The number of aromatic carboxylic acids is 1. The largest absolute Gasteiger partial charge is 0.475 e. The third-order valence-corrected chi connectivity index (χ3v) is 7.85. The summed E-state index contributed by atoms with van der Waals surface area (Å²) in [6, 6.07) is 25.3. The number of anilines is 2. The Bertz CT molecular complexity index is 1330. The molecule has 186 valence electrons. The summed E-state index contributed by atoms with van der Waals surface area (Å²) in [7, 11) is 2.17. The Hall–Kier alpha value is -3.42. The van der Waals surface area contributed by atoms with Crippen LogP contribution in [0.5, 0.6) is 0 Å². The van der Waals surface area contributed by atoms with E-state index in [2.05, 4.69) is 69.7 Å². The van der Waals surface area contributed by atoms with Crippen molar-refractivity contribution in [2.75, 3.05) is 49.0 Å². The van der Waals surface area contributed by atoms with Gasteiger partial charge in [-0.3, -0.25) is 0 Å². The maximum atomic E-state index is 11.5. The van der Waals surface area contributed by atoms with E-state index in [-0.39, 0.29) is 5.76 Å². The van der Waals surface area contributed by atoms with Crippen molar-refractivity contribution in [1.29, 1.82) is 0 Å². The van der Waals surface area contributed by atoms with Gasteiger partial charge in [0.25, 0.3) is 0 Å². The average molecular weight is 502 g/mol. The predicted octanol–water partition coefficient (Wildman–Crippen LogP) is 5.95. The smallest absolute Gasteiger partial charge is 0.372 e. The van der Waals surface area contributed by atoms with E-state index in [1.54, 1.807) is 18.9 Å². The Morgan fingerprint density at radius 1 is 1.00 bits per heavy atom. The molecule has 4 aromatic rings. The van der Waals surface area contributed by atoms with Gasteiger partial charge in [0.05, 0.1) is 0 Å². The molecule has 0 amide bonds. The van der Waals surface area contributed by atoms with Gasteiger partial charge in [0.15, 0.2) is 0 Å². The molecule has 1 aliphatic rings. The molecule has 2 heterocycles. The number of carboxylic acids is 1. The zero-order valence-corrected chi connectivity index (χ0v) is 21.5. The van der Waals surface area contributed by atoms with Crippen LogP contribution in [0.4, 0.5) is 11.4 Å². The van der Waals surface area contributed by atoms with Gasteiger partial charge < -0.3 is 23.6 Å². The zero-order chi connectivity index (χ0) is 25.1. The molecule has 7 heteroatoms. The highest BCUT2D eigenvalue weighted by Crippen LogP contribution is 2.34. The van der Waals surface area contributed by atoms with Crippen LogP contribution in [0.25, 0.3) is 11.0 Å². The van der Waals surface area contributed by atoms with Crippen molar-refractivity contribution in [2.24, 2.45) is 0 Å². The number of rotatable bonds is 8. The molecule has 6 nitrogen and oxygen atoms in total. The molecule has 0 atom stereocenters. The SMILES string of the molecule is Cc1c(C(=O)O)oc2ccc(SN(CCc3ccccc3)c3ccc(N4CCN(C)CC4)cc3)cc12. The van der Waals surface area contributed by atoms with Crippen molar-refractivity contribution in [1.82, 2.24) is 4.90 Å². The number of piperazine rings is 1. The van der Waals surface area contributed by atoms with Gasteiger partial charge in [-0.1, -0.05) is 30.3 Å². The number of aryl methyl sites for hydroxylation is 1. The lowest BCUT2D eigenvalue weighted by molar-refractivity contribution is 0.0664. The maximum absolute atomic E-state index is 11.5. The Morgan fingerprint density at radius 2 is 1.72 bits per heavy atom. The second-order valence-electron chi connectivity index (χ2n) is 9.26. The first-order valence-electron chi connectivity index (χ1n) is 12.3. The van der Waals surface area contributed by atoms with E-state index in [1.807, 2.05) is 24.3 Å². The fourth-order valence-corrected chi connectivity index (χ4v) is 5.55. The topological polar surface area (TPSA) is 60.2 Å². The number of likely N-dealkylation sites (N-methyl/N-ethyl adjacent to an activating group) is 1. The predicted molar refractivity (Wildman–Crippen MR) is 147 cm³/mol. The third-order valence-electron chi connectivity index (χ3n) is 6.77. The summed E-state index contributed by atoms with van der Waals surface area (Å²) in [6.07, 6.45) is 0.921. The number of benzene rings is 3. The molecule has 1 fully saturated rings. The molecular weight excluding hydrogens is 470 g/mol. The summed E-state index contributed by atoms with van der Waals surface area (Å²) in [5.41, 5.74) is 4.96. The van der Waals surface area contributed by atoms with Crippen LogP contribution in [0.15, 0.2) is 82.1 Å². The van der Waals surface area contributed by atoms with Crippen molar-refractivity contribution in [3.8, 4) is 0 Å². The van der Waals surface area contributed by atoms with Crippen LogP contribution < -0.4 is 9.21 Å². The summed E-state index contributed by atoms with van der Waals surface area (Å²) in [6.45, 7) is 6.90. The summed E-state index contributed by atoms with van der Waals surface area (Å²) < 4.78 is 7.87. The standard InChI is InChI=1S/C29H31N3O3S/c1-21-26-20-25(12-13-27(26)35-28(21)29(33)34)36-32(15-14-22-6-4-3-5-7-22)24-10-8-23(9-11-24)31-18-16-30(2)17-19-31/h3-13,20H,14-19H2,1-2H3,(H,33,34). The van der Waals surface area contributed by atoms with E-state index in [0.717, 1.165) is 55.1 Å². The van der Waals surface area contributed by atoms with Gasteiger partial charge in [-0.2, -0.15) is 0 Å². The first-order valence-corrected chi connectivity index (χ1v) is 13.0. The highest BCUT2D eigenvalue weighted by molar-refractivity contribution is 8.00. The van der Waals surface area contributed by atoms with Crippen molar-refractivity contribution in [3.63, 3.8) is 0 Å². The number of fused-ring (bicyclic) bond motifs is 1. The zero-order valence-electron chi connectivity index (χ0n) is 20.7. The first kappa shape index (κ1) is 24.3. The summed E-state index contributed by atoms with van der Waals surface area (Å²) in [5.74, 6) is -1.03. The number of hydrogen-bond acceptors (Lipinski definition) is 6. The second kappa shape index (κ2) is 10.7. The summed E-state index contributed by atoms with van der Waals surface area (Å²) >= 11 is 1.67. The Morgan fingerprint density at radius 3 is 2.42 bits per heavy atom. The molecule has 0 unspecified atom stereocenters. The molecule has 3 aromatic carbocycles. The van der Waals surface area contributed by atoms with Crippen LogP contribution >= 0.6 is 11.9 Å². The van der Waals surface area contributed by atoms with Crippen LogP contribution in [0.2, 0.25) is 0 Å². The fraction of sp³-hybridized carbons (Fsp3) is 0.276. The van der Waals surface area contributed by atoms with Crippen molar-refractivity contribution in [2.45, 2.75) is 18.2 Å². The minimum Gasteiger partial charge on any atom is -0.475 e. The molecule has 36 heavy (non-hydrogen) atoms. The molecule has 1 aromatic heterocycles. The van der Waals surface area contributed by atoms with Gasteiger partial charge in [0, 0.05) is 59.9 Å².